The fraction of sp³-hybridized carbons (Fsp3) is 0.571. The zero-order chi connectivity index (χ0) is 14.2. The summed E-state index contributed by atoms with van der Waals surface area (Å²) in [6.45, 7) is 4.13. The van der Waals surface area contributed by atoms with Crippen molar-refractivity contribution < 1.29 is 4.74 Å². The lowest BCUT2D eigenvalue weighted by Gasteiger charge is -2.16. The van der Waals surface area contributed by atoms with Crippen LogP contribution in [0.3, 0.4) is 0 Å². The molecule has 0 atom stereocenters. The molecule has 2 heterocycles. The summed E-state index contributed by atoms with van der Waals surface area (Å²) in [6, 6.07) is 3.95. The molecule has 1 aliphatic heterocycles. The van der Waals surface area contributed by atoms with Crippen molar-refractivity contribution >= 4 is 5.96 Å². The van der Waals surface area contributed by atoms with Gasteiger partial charge in [0.2, 0.25) is 5.88 Å². The molecule has 0 aromatic carbocycles. The lowest BCUT2D eigenvalue weighted by Crippen LogP contribution is -2.40. The van der Waals surface area contributed by atoms with E-state index in [4.69, 9.17) is 4.74 Å². The summed E-state index contributed by atoms with van der Waals surface area (Å²) < 4.78 is 5.62. The number of pyridine rings is 1. The predicted octanol–water partition coefficient (Wildman–Crippen LogP) is 0.461. The van der Waals surface area contributed by atoms with Crippen molar-refractivity contribution in [3.63, 3.8) is 0 Å². The van der Waals surface area contributed by atoms with Crippen LogP contribution in [-0.2, 0) is 6.54 Å². The molecule has 0 radical (unpaired) electrons. The van der Waals surface area contributed by atoms with E-state index in [9.17, 15) is 0 Å². The Morgan fingerprint density at radius 3 is 3.10 bits per heavy atom. The van der Waals surface area contributed by atoms with Crippen molar-refractivity contribution in [1.82, 2.24) is 20.5 Å². The maximum Gasteiger partial charge on any atom is 0.213 e. The second-order valence-electron chi connectivity index (χ2n) is 5.02. The second-order valence-corrected chi connectivity index (χ2v) is 5.02. The van der Waals surface area contributed by atoms with Crippen LogP contribution in [0, 0.1) is 0 Å². The van der Waals surface area contributed by atoms with Gasteiger partial charge in [-0.25, -0.2) is 4.98 Å². The predicted molar refractivity (Wildman–Crippen MR) is 80.0 cm³/mol. The first-order valence-corrected chi connectivity index (χ1v) is 6.99. The highest BCUT2D eigenvalue weighted by Gasteiger charge is 2.04. The highest BCUT2D eigenvalue weighted by Crippen LogP contribution is 2.09. The maximum absolute atomic E-state index is 5.62. The van der Waals surface area contributed by atoms with Gasteiger partial charge in [-0.1, -0.05) is 0 Å². The number of likely N-dealkylation sites (N-methyl/N-ethyl adjacent to an activating group) is 1. The van der Waals surface area contributed by atoms with Crippen LogP contribution in [-0.4, -0.2) is 56.2 Å². The summed E-state index contributed by atoms with van der Waals surface area (Å²) in [5.41, 5.74) is 1.13. The Morgan fingerprint density at radius 1 is 1.45 bits per heavy atom. The molecule has 6 nitrogen and oxygen atoms in total. The Balaban J connectivity index is 1.81. The molecule has 6 heteroatoms. The molecule has 1 aromatic heterocycles. The summed E-state index contributed by atoms with van der Waals surface area (Å²) in [4.78, 5) is 10.7. The Morgan fingerprint density at radius 2 is 2.35 bits per heavy atom. The van der Waals surface area contributed by atoms with Crippen molar-refractivity contribution in [2.24, 2.45) is 4.99 Å². The van der Waals surface area contributed by atoms with Gasteiger partial charge in [0.25, 0.3) is 0 Å². The lowest BCUT2D eigenvalue weighted by atomic mass is 10.2. The zero-order valence-corrected chi connectivity index (χ0v) is 12.2. The molecule has 1 aromatic rings. The quantitative estimate of drug-likeness (QED) is 0.791. The van der Waals surface area contributed by atoms with Crippen LogP contribution < -0.4 is 15.4 Å². The molecule has 0 fully saturated rings. The van der Waals surface area contributed by atoms with E-state index in [0.717, 1.165) is 44.1 Å². The van der Waals surface area contributed by atoms with Crippen LogP contribution in [0.4, 0.5) is 0 Å². The van der Waals surface area contributed by atoms with Crippen molar-refractivity contribution in [3.05, 3.63) is 23.9 Å². The zero-order valence-electron chi connectivity index (χ0n) is 12.2. The SMILES string of the molecule is CN(C)CCOc1cc(CNC2=NCCCN2)ccn1. The van der Waals surface area contributed by atoms with Crippen LogP contribution in [0.1, 0.15) is 12.0 Å². The average molecular weight is 277 g/mol. The van der Waals surface area contributed by atoms with E-state index in [2.05, 4.69) is 25.5 Å². The Kier molecular flexibility index (Phi) is 5.61. The van der Waals surface area contributed by atoms with Gasteiger partial charge < -0.3 is 20.3 Å². The van der Waals surface area contributed by atoms with Crippen molar-refractivity contribution in [3.8, 4) is 5.88 Å². The number of guanidine groups is 1. The second kappa shape index (κ2) is 7.69. The van der Waals surface area contributed by atoms with Gasteiger partial charge in [0.1, 0.15) is 6.61 Å². The fourth-order valence-electron chi connectivity index (χ4n) is 1.81. The van der Waals surface area contributed by atoms with Crippen LogP contribution >= 0.6 is 0 Å². The minimum absolute atomic E-state index is 0.644. The standard InChI is InChI=1S/C14H23N5O/c1-19(2)8-9-20-13-10-12(4-7-15-13)11-18-14-16-5-3-6-17-14/h4,7,10H,3,5-6,8-9,11H2,1-2H3,(H2,16,17,18). The van der Waals surface area contributed by atoms with Gasteiger partial charge in [-0.05, 0) is 32.1 Å². The summed E-state index contributed by atoms with van der Waals surface area (Å²) in [5, 5.41) is 6.52. The van der Waals surface area contributed by atoms with Crippen LogP contribution in [0.2, 0.25) is 0 Å². The smallest absolute Gasteiger partial charge is 0.213 e. The Bertz CT molecular complexity index is 447. The number of aliphatic imine (C=N–C) groups is 1. The van der Waals surface area contributed by atoms with Gasteiger partial charge in [0, 0.05) is 38.4 Å². The molecular weight excluding hydrogens is 254 g/mol. The van der Waals surface area contributed by atoms with E-state index < -0.39 is 0 Å². The minimum Gasteiger partial charge on any atom is -0.476 e. The first kappa shape index (κ1) is 14.6. The normalized spacial score (nSPS) is 14.7. The molecule has 0 saturated carbocycles. The summed E-state index contributed by atoms with van der Waals surface area (Å²) in [6.07, 6.45) is 2.88. The van der Waals surface area contributed by atoms with E-state index in [0.29, 0.717) is 12.5 Å². The van der Waals surface area contributed by atoms with Crippen LogP contribution in [0.25, 0.3) is 0 Å². The number of nitrogens with zero attached hydrogens (tertiary/aromatic N) is 3. The minimum atomic E-state index is 0.644. The van der Waals surface area contributed by atoms with E-state index in [1.54, 1.807) is 6.20 Å². The largest absolute Gasteiger partial charge is 0.476 e. The number of ether oxygens (including phenoxy) is 1. The van der Waals surface area contributed by atoms with Gasteiger partial charge in [-0.3, -0.25) is 4.99 Å². The molecule has 0 bridgehead atoms. The maximum atomic E-state index is 5.62. The highest BCUT2D eigenvalue weighted by atomic mass is 16.5. The van der Waals surface area contributed by atoms with Gasteiger partial charge in [-0.15, -0.1) is 0 Å². The van der Waals surface area contributed by atoms with E-state index in [1.165, 1.54) is 0 Å². The molecule has 0 aliphatic carbocycles. The summed E-state index contributed by atoms with van der Waals surface area (Å²) in [5.74, 6) is 1.55. The van der Waals surface area contributed by atoms with E-state index in [1.807, 2.05) is 26.2 Å². The molecule has 0 saturated heterocycles. The van der Waals surface area contributed by atoms with Gasteiger partial charge in [-0.2, -0.15) is 0 Å². The highest BCUT2D eigenvalue weighted by molar-refractivity contribution is 5.80. The first-order valence-electron chi connectivity index (χ1n) is 6.99. The third-order valence-corrected chi connectivity index (χ3v) is 2.94. The number of nitrogens with one attached hydrogen (secondary N) is 2. The van der Waals surface area contributed by atoms with Crippen molar-refractivity contribution in [1.29, 1.82) is 0 Å². The molecule has 20 heavy (non-hydrogen) atoms. The Labute approximate surface area is 120 Å². The first-order chi connectivity index (χ1) is 9.74. The number of hydrogen-bond acceptors (Lipinski definition) is 6. The lowest BCUT2D eigenvalue weighted by molar-refractivity contribution is 0.253. The molecule has 2 N–H and O–H groups in total. The third-order valence-electron chi connectivity index (χ3n) is 2.94. The van der Waals surface area contributed by atoms with Crippen molar-refractivity contribution in [2.45, 2.75) is 13.0 Å². The van der Waals surface area contributed by atoms with Gasteiger partial charge >= 0.3 is 0 Å². The summed E-state index contributed by atoms with van der Waals surface area (Å²) >= 11 is 0. The molecule has 110 valence electrons. The summed E-state index contributed by atoms with van der Waals surface area (Å²) in [7, 11) is 4.05. The topological polar surface area (TPSA) is 61.8 Å². The molecule has 0 spiro atoms. The van der Waals surface area contributed by atoms with Crippen LogP contribution in [0.15, 0.2) is 23.3 Å². The molecule has 0 amide bonds. The molecule has 0 unspecified atom stereocenters. The number of hydrogen-bond donors (Lipinski definition) is 2. The monoisotopic (exact) mass is 277 g/mol. The average Bonchev–Trinajstić information content (AvgIpc) is 2.46. The number of aromatic nitrogens is 1. The molecule has 2 rings (SSSR count). The number of rotatable bonds is 6. The van der Waals surface area contributed by atoms with Gasteiger partial charge in [0.15, 0.2) is 5.96 Å². The fourth-order valence-corrected chi connectivity index (χ4v) is 1.81. The van der Waals surface area contributed by atoms with Gasteiger partial charge in [0.05, 0.1) is 0 Å². The van der Waals surface area contributed by atoms with E-state index in [-0.39, 0.29) is 0 Å². The van der Waals surface area contributed by atoms with Crippen molar-refractivity contribution in [2.75, 3.05) is 40.3 Å². The van der Waals surface area contributed by atoms with Crippen LogP contribution in [0.5, 0.6) is 5.88 Å². The Hall–Kier alpha value is -1.82. The third kappa shape index (κ3) is 5.05. The molecular formula is C14H23N5O. The molecule has 1 aliphatic rings. The van der Waals surface area contributed by atoms with E-state index >= 15 is 0 Å².